The topological polar surface area (TPSA) is 158 Å². The third kappa shape index (κ3) is 5.43. The first-order valence-electron chi connectivity index (χ1n) is 11.6. The van der Waals surface area contributed by atoms with E-state index in [1.165, 1.54) is 9.36 Å². The first-order valence-corrected chi connectivity index (χ1v) is 11.6. The van der Waals surface area contributed by atoms with Gasteiger partial charge in [0.2, 0.25) is 0 Å². The predicted octanol–water partition coefficient (Wildman–Crippen LogP) is 1.48. The zero-order valence-corrected chi connectivity index (χ0v) is 21.2. The second kappa shape index (κ2) is 10.8. The predicted molar refractivity (Wildman–Crippen MR) is 143 cm³/mol. The Morgan fingerprint density at radius 2 is 1.00 bits per heavy atom. The van der Waals surface area contributed by atoms with Gasteiger partial charge in [-0.2, -0.15) is 10.2 Å². The molecule has 0 aliphatic carbocycles. The van der Waals surface area contributed by atoms with E-state index < -0.39 is 11.8 Å². The second-order valence-electron chi connectivity index (χ2n) is 8.65. The molecule has 4 N–H and O–H groups in total. The van der Waals surface area contributed by atoms with Gasteiger partial charge in [-0.05, 0) is 52.0 Å². The van der Waals surface area contributed by atoms with Crippen LogP contribution in [-0.2, 0) is 9.59 Å². The summed E-state index contributed by atoms with van der Waals surface area (Å²) >= 11 is 0. The summed E-state index contributed by atoms with van der Waals surface area (Å²) in [6.45, 7) is 7.26. The van der Waals surface area contributed by atoms with Crippen LogP contribution in [0, 0.1) is 27.7 Å². The lowest BCUT2D eigenvalue weighted by atomic mass is 10.2. The number of aromatic nitrogens is 4. The van der Waals surface area contributed by atoms with E-state index in [1.54, 1.807) is 38.1 Å². The van der Waals surface area contributed by atoms with Crippen LogP contribution in [0.1, 0.15) is 33.6 Å². The lowest BCUT2D eigenvalue weighted by Crippen LogP contribution is -2.35. The Hall–Kier alpha value is -5.26. The van der Waals surface area contributed by atoms with Crippen molar-refractivity contribution in [1.29, 1.82) is 0 Å². The molecule has 0 spiro atoms. The van der Waals surface area contributed by atoms with Crippen LogP contribution < -0.4 is 22.0 Å². The highest BCUT2D eigenvalue weighted by atomic mass is 16.2. The van der Waals surface area contributed by atoms with E-state index in [0.717, 1.165) is 23.6 Å². The maximum Gasteiger partial charge on any atom is 0.331 e. The smallest absolute Gasteiger partial charge is 0.295 e. The number of aromatic amines is 2. The van der Waals surface area contributed by atoms with E-state index in [9.17, 15) is 19.2 Å². The van der Waals surface area contributed by atoms with E-state index in [0.29, 0.717) is 22.8 Å². The molecule has 2 aromatic heterocycles. The van der Waals surface area contributed by atoms with Crippen molar-refractivity contribution in [3.8, 4) is 11.4 Å². The second-order valence-corrected chi connectivity index (χ2v) is 8.65. The molecule has 2 amide bonds. The third-order valence-corrected chi connectivity index (χ3v) is 5.74. The van der Waals surface area contributed by atoms with Gasteiger partial charge in [0.15, 0.2) is 0 Å². The fourth-order valence-corrected chi connectivity index (χ4v) is 3.59. The van der Waals surface area contributed by atoms with Gasteiger partial charge in [0, 0.05) is 11.4 Å². The number of amides is 2. The summed E-state index contributed by atoms with van der Waals surface area (Å²) in [7, 11) is 0. The molecular weight excluding hydrogens is 488 g/mol. The maximum absolute atomic E-state index is 12.7. The molecule has 194 valence electrons. The molecule has 0 fully saturated rings. The SMILES string of the molecule is Cc1ccc(-n2[nH]c(C)c(/C=N/NC(=O)C(=O)N/N=C/c3c(C)[nH]n(-c4ccc(C)cc4)c3=O)c2=O)cc1. The van der Waals surface area contributed by atoms with Crippen molar-refractivity contribution < 1.29 is 9.59 Å². The minimum Gasteiger partial charge on any atom is -0.295 e. The highest BCUT2D eigenvalue weighted by molar-refractivity contribution is 6.35. The zero-order chi connectivity index (χ0) is 27.4. The Kier molecular flexibility index (Phi) is 7.33. The first kappa shape index (κ1) is 25.8. The minimum absolute atomic E-state index is 0.220. The summed E-state index contributed by atoms with van der Waals surface area (Å²) in [4.78, 5) is 49.6. The number of nitrogens with zero attached hydrogens (tertiary/aromatic N) is 4. The first-order chi connectivity index (χ1) is 18.2. The largest absolute Gasteiger partial charge is 0.331 e. The van der Waals surface area contributed by atoms with Crippen molar-refractivity contribution in [1.82, 2.24) is 30.4 Å². The molecule has 0 saturated carbocycles. The molecule has 4 aromatic rings. The summed E-state index contributed by atoms with van der Waals surface area (Å²) in [5.41, 5.74) is 8.28. The van der Waals surface area contributed by atoms with Gasteiger partial charge in [0.05, 0.1) is 34.9 Å². The van der Waals surface area contributed by atoms with Crippen LogP contribution in [0.5, 0.6) is 0 Å². The van der Waals surface area contributed by atoms with Gasteiger partial charge in [-0.1, -0.05) is 35.4 Å². The van der Waals surface area contributed by atoms with Gasteiger partial charge in [-0.15, -0.1) is 0 Å². The summed E-state index contributed by atoms with van der Waals surface area (Å²) in [5.74, 6) is -2.21. The Bertz CT molecular complexity index is 1540. The minimum atomic E-state index is -1.10. The van der Waals surface area contributed by atoms with Crippen molar-refractivity contribution in [3.63, 3.8) is 0 Å². The van der Waals surface area contributed by atoms with Crippen LogP contribution >= 0.6 is 0 Å². The molecule has 0 radical (unpaired) electrons. The molecule has 0 aliphatic rings. The van der Waals surface area contributed by atoms with Gasteiger partial charge in [0.25, 0.3) is 11.1 Å². The van der Waals surface area contributed by atoms with Crippen LogP contribution in [0.15, 0.2) is 68.3 Å². The average molecular weight is 515 g/mol. The number of carbonyl (C=O) groups excluding carboxylic acids is 2. The molecule has 0 saturated heterocycles. The summed E-state index contributed by atoms with van der Waals surface area (Å²) in [6, 6.07) is 14.7. The average Bonchev–Trinajstić information content (AvgIpc) is 3.34. The number of hydrogen-bond donors (Lipinski definition) is 4. The molecule has 0 atom stereocenters. The number of hydrazone groups is 2. The third-order valence-electron chi connectivity index (χ3n) is 5.74. The normalized spacial score (nSPS) is 11.4. The van der Waals surface area contributed by atoms with Crippen LogP contribution in [0.4, 0.5) is 0 Å². The Morgan fingerprint density at radius 1 is 0.658 bits per heavy atom. The van der Waals surface area contributed by atoms with Crippen LogP contribution in [0.2, 0.25) is 0 Å². The summed E-state index contributed by atoms with van der Waals surface area (Å²) in [5, 5.41) is 13.3. The molecule has 4 rings (SSSR count). The number of benzene rings is 2. The molecule has 0 bridgehead atoms. The fraction of sp³-hybridized carbons (Fsp3) is 0.154. The Morgan fingerprint density at radius 3 is 1.34 bits per heavy atom. The summed E-state index contributed by atoms with van der Waals surface area (Å²) in [6.07, 6.45) is 2.31. The molecule has 2 heterocycles. The monoisotopic (exact) mass is 514 g/mol. The molecule has 12 nitrogen and oxygen atoms in total. The highest BCUT2D eigenvalue weighted by Crippen LogP contribution is 2.09. The van der Waals surface area contributed by atoms with Crippen molar-refractivity contribution in [2.45, 2.75) is 27.7 Å². The lowest BCUT2D eigenvalue weighted by Gasteiger charge is -2.01. The highest BCUT2D eigenvalue weighted by Gasteiger charge is 2.15. The Labute approximate surface area is 216 Å². The molecule has 38 heavy (non-hydrogen) atoms. The molecular formula is C26H26N8O4. The van der Waals surface area contributed by atoms with Crippen molar-refractivity contribution in [3.05, 3.63) is 103 Å². The molecule has 12 heteroatoms. The molecule has 2 aromatic carbocycles. The summed E-state index contributed by atoms with van der Waals surface area (Å²) < 4.78 is 2.71. The van der Waals surface area contributed by atoms with Gasteiger partial charge in [-0.25, -0.2) is 20.2 Å². The number of H-pyrrole nitrogens is 2. The lowest BCUT2D eigenvalue weighted by molar-refractivity contribution is -0.139. The van der Waals surface area contributed by atoms with Crippen LogP contribution in [-0.4, -0.2) is 43.8 Å². The van der Waals surface area contributed by atoms with Gasteiger partial charge >= 0.3 is 11.8 Å². The van der Waals surface area contributed by atoms with Gasteiger partial charge < -0.3 is 0 Å². The van der Waals surface area contributed by atoms with Crippen molar-refractivity contribution in [2.75, 3.05) is 0 Å². The number of rotatable bonds is 6. The van der Waals surface area contributed by atoms with E-state index >= 15 is 0 Å². The number of carbonyl (C=O) groups is 2. The van der Waals surface area contributed by atoms with Gasteiger partial charge in [0.1, 0.15) is 0 Å². The number of nitrogens with one attached hydrogen (secondary N) is 4. The molecule has 0 unspecified atom stereocenters. The fourth-order valence-electron chi connectivity index (χ4n) is 3.59. The van der Waals surface area contributed by atoms with E-state index in [4.69, 9.17) is 0 Å². The molecule has 0 aliphatic heterocycles. The number of hydrogen-bond acceptors (Lipinski definition) is 6. The standard InChI is InChI=1S/C26H26N8O4/c1-15-5-9-19(10-6-15)33-25(37)21(17(3)31-33)13-27-29-23(35)24(36)30-28-14-22-18(4)32-34(26(22)38)20-11-7-16(2)8-12-20/h5-14,31-32H,1-4H3,(H,29,35)(H,30,36)/b27-13+,28-14+. The zero-order valence-electron chi connectivity index (χ0n) is 21.2. The quantitative estimate of drug-likeness (QED) is 0.174. The van der Waals surface area contributed by atoms with Crippen molar-refractivity contribution >= 4 is 24.2 Å². The number of aryl methyl sites for hydroxylation is 4. The van der Waals surface area contributed by atoms with E-state index in [1.807, 2.05) is 38.1 Å². The maximum atomic E-state index is 12.7. The van der Waals surface area contributed by atoms with E-state index in [2.05, 4.69) is 31.3 Å². The van der Waals surface area contributed by atoms with Crippen LogP contribution in [0.3, 0.4) is 0 Å². The van der Waals surface area contributed by atoms with Gasteiger partial charge in [-0.3, -0.25) is 29.4 Å². The van der Waals surface area contributed by atoms with Crippen molar-refractivity contribution in [2.24, 2.45) is 10.2 Å². The van der Waals surface area contributed by atoms with Crippen LogP contribution in [0.25, 0.3) is 11.4 Å². The Balaban J connectivity index is 1.38. The van der Waals surface area contributed by atoms with E-state index in [-0.39, 0.29) is 22.2 Å².